The van der Waals surface area contributed by atoms with Crippen LogP contribution < -0.4 is 4.90 Å². The highest BCUT2D eigenvalue weighted by Gasteiger charge is 2.25. The zero-order valence-electron chi connectivity index (χ0n) is 15.2. The molecule has 2 saturated heterocycles. The lowest BCUT2D eigenvalue weighted by atomic mass is 10.3. The van der Waals surface area contributed by atoms with Crippen LogP contribution in [0.25, 0.3) is 0 Å². The van der Waals surface area contributed by atoms with Crippen molar-refractivity contribution in [2.75, 3.05) is 44.2 Å². The minimum Gasteiger partial charge on any atom is -0.341 e. The average molecular weight is 407 g/mol. The second kappa shape index (κ2) is 8.50. The predicted octanol–water partition coefficient (Wildman–Crippen LogP) is 2.53. The Morgan fingerprint density at radius 3 is 2.70 bits per heavy atom. The fraction of sp³-hybridized carbons (Fsp3) is 0.556. The Labute approximate surface area is 168 Å². The van der Waals surface area contributed by atoms with Crippen LogP contribution in [0.15, 0.2) is 17.1 Å². The summed E-state index contributed by atoms with van der Waals surface area (Å²) in [6.07, 6.45) is 4.76. The van der Waals surface area contributed by atoms with Gasteiger partial charge < -0.3 is 9.80 Å². The van der Waals surface area contributed by atoms with E-state index in [1.807, 2.05) is 10.4 Å². The van der Waals surface area contributed by atoms with E-state index in [0.717, 1.165) is 57.7 Å². The quantitative estimate of drug-likeness (QED) is 0.777. The van der Waals surface area contributed by atoms with Gasteiger partial charge in [0.15, 0.2) is 5.69 Å². The standard InChI is InChI=1S/C18H23ClN6OS/c19-15-10-20-18(25-5-1-2-6-25)22-16(15)17(26)24-7-3-4-23(8-9-24)11-14-12-27-13-21-14/h10,12-13H,1-9,11H2. The number of aromatic nitrogens is 3. The molecule has 0 aromatic carbocycles. The topological polar surface area (TPSA) is 65.5 Å². The van der Waals surface area contributed by atoms with Gasteiger partial charge in [-0.1, -0.05) is 11.6 Å². The van der Waals surface area contributed by atoms with E-state index in [1.165, 1.54) is 0 Å². The van der Waals surface area contributed by atoms with Gasteiger partial charge in [-0.05, 0) is 19.3 Å². The minimum absolute atomic E-state index is 0.0987. The molecule has 7 nitrogen and oxygen atoms in total. The van der Waals surface area contributed by atoms with E-state index in [9.17, 15) is 4.79 Å². The summed E-state index contributed by atoms with van der Waals surface area (Å²) in [7, 11) is 0. The molecule has 0 radical (unpaired) electrons. The molecule has 0 spiro atoms. The molecular weight excluding hydrogens is 384 g/mol. The van der Waals surface area contributed by atoms with Crippen molar-refractivity contribution < 1.29 is 4.79 Å². The number of halogens is 1. The second-order valence-electron chi connectivity index (χ2n) is 6.96. The van der Waals surface area contributed by atoms with Crippen LogP contribution >= 0.6 is 22.9 Å². The Bertz CT molecular complexity index is 780. The van der Waals surface area contributed by atoms with Crippen LogP contribution in [0.3, 0.4) is 0 Å². The van der Waals surface area contributed by atoms with E-state index in [-0.39, 0.29) is 5.91 Å². The Morgan fingerprint density at radius 1 is 1.07 bits per heavy atom. The number of thiazole rings is 1. The molecule has 2 aliphatic rings. The molecule has 9 heteroatoms. The van der Waals surface area contributed by atoms with Crippen LogP contribution in [-0.2, 0) is 6.54 Å². The van der Waals surface area contributed by atoms with E-state index >= 15 is 0 Å². The maximum absolute atomic E-state index is 13.1. The second-order valence-corrected chi connectivity index (χ2v) is 8.09. The molecule has 0 aliphatic carbocycles. The van der Waals surface area contributed by atoms with Crippen molar-refractivity contribution in [1.29, 1.82) is 0 Å². The van der Waals surface area contributed by atoms with Gasteiger partial charge in [-0.2, -0.15) is 0 Å². The number of amides is 1. The van der Waals surface area contributed by atoms with E-state index < -0.39 is 0 Å². The maximum Gasteiger partial charge on any atom is 0.274 e. The van der Waals surface area contributed by atoms with Crippen LogP contribution in [-0.4, -0.2) is 69.9 Å². The molecule has 2 aliphatic heterocycles. The number of carbonyl (C=O) groups excluding carboxylic acids is 1. The van der Waals surface area contributed by atoms with Crippen molar-refractivity contribution >= 4 is 34.8 Å². The van der Waals surface area contributed by atoms with Gasteiger partial charge in [0.05, 0.1) is 22.4 Å². The van der Waals surface area contributed by atoms with E-state index in [1.54, 1.807) is 17.5 Å². The third-order valence-electron chi connectivity index (χ3n) is 5.07. The Morgan fingerprint density at radius 2 is 1.93 bits per heavy atom. The first-order valence-corrected chi connectivity index (χ1v) is 10.7. The van der Waals surface area contributed by atoms with Crippen molar-refractivity contribution in [3.8, 4) is 0 Å². The largest absolute Gasteiger partial charge is 0.341 e. The zero-order chi connectivity index (χ0) is 18.6. The van der Waals surface area contributed by atoms with Crippen molar-refractivity contribution in [2.24, 2.45) is 0 Å². The van der Waals surface area contributed by atoms with Crippen LogP contribution in [0.4, 0.5) is 5.95 Å². The van der Waals surface area contributed by atoms with E-state index in [0.29, 0.717) is 29.8 Å². The van der Waals surface area contributed by atoms with Crippen LogP contribution in [0.1, 0.15) is 35.4 Å². The Hall–Kier alpha value is -1.77. The average Bonchev–Trinajstić information content (AvgIpc) is 3.34. The first kappa shape index (κ1) is 18.6. The summed E-state index contributed by atoms with van der Waals surface area (Å²) < 4.78 is 0. The first-order valence-electron chi connectivity index (χ1n) is 9.37. The highest BCUT2D eigenvalue weighted by Crippen LogP contribution is 2.21. The molecule has 0 N–H and O–H groups in total. The molecule has 0 unspecified atom stereocenters. The molecule has 2 fully saturated rings. The molecule has 0 atom stereocenters. The van der Waals surface area contributed by atoms with Gasteiger partial charge >= 0.3 is 0 Å². The van der Waals surface area contributed by atoms with Crippen molar-refractivity contribution in [1.82, 2.24) is 24.8 Å². The van der Waals surface area contributed by atoms with Gasteiger partial charge in [0.1, 0.15) is 0 Å². The molecule has 2 aromatic heterocycles. The number of rotatable bonds is 4. The van der Waals surface area contributed by atoms with Gasteiger partial charge in [-0.25, -0.2) is 15.0 Å². The fourth-order valence-corrected chi connectivity index (χ4v) is 4.33. The molecule has 1 amide bonds. The summed E-state index contributed by atoms with van der Waals surface area (Å²) in [6.45, 7) is 5.87. The number of hydrogen-bond donors (Lipinski definition) is 0. The smallest absolute Gasteiger partial charge is 0.274 e. The molecule has 2 aromatic rings. The third kappa shape index (κ3) is 4.39. The number of nitrogens with zero attached hydrogens (tertiary/aromatic N) is 6. The van der Waals surface area contributed by atoms with Crippen molar-refractivity contribution in [3.05, 3.63) is 33.5 Å². The van der Waals surface area contributed by atoms with Gasteiger partial charge in [-0.15, -0.1) is 11.3 Å². The van der Waals surface area contributed by atoms with Crippen LogP contribution in [0.5, 0.6) is 0 Å². The predicted molar refractivity (Wildman–Crippen MR) is 106 cm³/mol. The molecule has 0 bridgehead atoms. The van der Waals surface area contributed by atoms with Crippen LogP contribution in [0, 0.1) is 0 Å². The molecule has 4 heterocycles. The number of carbonyl (C=O) groups is 1. The van der Waals surface area contributed by atoms with E-state index in [4.69, 9.17) is 11.6 Å². The Balaban J connectivity index is 1.43. The van der Waals surface area contributed by atoms with Crippen molar-refractivity contribution in [3.63, 3.8) is 0 Å². The number of hydrogen-bond acceptors (Lipinski definition) is 7. The first-order chi connectivity index (χ1) is 13.2. The SMILES string of the molecule is O=C(c1nc(N2CCCC2)ncc1Cl)N1CCCN(Cc2cscn2)CC1. The lowest BCUT2D eigenvalue weighted by molar-refractivity contribution is 0.0755. The van der Waals surface area contributed by atoms with Gasteiger partial charge in [0.25, 0.3) is 5.91 Å². The molecular formula is C18H23ClN6OS. The summed E-state index contributed by atoms with van der Waals surface area (Å²) >= 11 is 7.89. The van der Waals surface area contributed by atoms with Gasteiger partial charge in [0, 0.05) is 51.2 Å². The minimum atomic E-state index is -0.0987. The van der Waals surface area contributed by atoms with Crippen LogP contribution in [0.2, 0.25) is 5.02 Å². The van der Waals surface area contributed by atoms with Crippen molar-refractivity contribution in [2.45, 2.75) is 25.8 Å². The molecule has 4 rings (SSSR count). The zero-order valence-corrected chi connectivity index (χ0v) is 16.8. The highest BCUT2D eigenvalue weighted by molar-refractivity contribution is 7.07. The fourth-order valence-electron chi connectivity index (χ4n) is 3.60. The monoisotopic (exact) mass is 406 g/mol. The summed E-state index contributed by atoms with van der Waals surface area (Å²) in [6, 6.07) is 0. The summed E-state index contributed by atoms with van der Waals surface area (Å²) in [5.41, 5.74) is 3.27. The van der Waals surface area contributed by atoms with Gasteiger partial charge in [-0.3, -0.25) is 9.69 Å². The number of anilines is 1. The van der Waals surface area contributed by atoms with Gasteiger partial charge in [0.2, 0.25) is 5.95 Å². The lowest BCUT2D eigenvalue weighted by Gasteiger charge is -2.22. The molecule has 144 valence electrons. The Kier molecular flexibility index (Phi) is 5.85. The summed E-state index contributed by atoms with van der Waals surface area (Å²) in [4.78, 5) is 32.6. The third-order valence-corrected chi connectivity index (χ3v) is 5.98. The molecule has 27 heavy (non-hydrogen) atoms. The molecule has 0 saturated carbocycles. The van der Waals surface area contributed by atoms with E-state index in [2.05, 4.69) is 30.1 Å². The normalized spacial score (nSPS) is 18.7. The summed E-state index contributed by atoms with van der Waals surface area (Å²) in [5.74, 6) is 0.513. The summed E-state index contributed by atoms with van der Waals surface area (Å²) in [5, 5.41) is 2.40. The lowest BCUT2D eigenvalue weighted by Crippen LogP contribution is -2.36. The highest BCUT2D eigenvalue weighted by atomic mass is 35.5. The maximum atomic E-state index is 13.1.